The molecule has 4 aromatic carbocycles. The van der Waals surface area contributed by atoms with Crippen molar-refractivity contribution >= 4 is 34.4 Å². The standard InChI is InChI=1S/C30H28BNO2/c1-29(2)30(3,4)34-31(33-29)25-16-11-17-27-28(25)24-20-22(21-12-7-5-8-13-21)18-19-26(24)32(27)23-14-9-6-10-15-23/h5-20H,1-4H3. The third-order valence-electron chi connectivity index (χ3n) is 7.45. The summed E-state index contributed by atoms with van der Waals surface area (Å²) >= 11 is 0. The van der Waals surface area contributed by atoms with Crippen molar-refractivity contribution in [1.29, 1.82) is 0 Å². The summed E-state index contributed by atoms with van der Waals surface area (Å²) in [5.41, 5.74) is 6.15. The van der Waals surface area contributed by atoms with E-state index in [1.807, 2.05) is 0 Å². The van der Waals surface area contributed by atoms with Crippen LogP contribution >= 0.6 is 0 Å². The Hall–Kier alpha value is -3.34. The smallest absolute Gasteiger partial charge is 0.399 e. The average molecular weight is 445 g/mol. The third-order valence-corrected chi connectivity index (χ3v) is 7.45. The van der Waals surface area contributed by atoms with Crippen molar-refractivity contribution in [3.63, 3.8) is 0 Å². The topological polar surface area (TPSA) is 23.4 Å². The molecule has 1 aromatic heterocycles. The zero-order chi connectivity index (χ0) is 23.5. The highest BCUT2D eigenvalue weighted by Gasteiger charge is 2.52. The van der Waals surface area contributed by atoms with E-state index in [1.54, 1.807) is 0 Å². The first kappa shape index (κ1) is 21.2. The lowest BCUT2D eigenvalue weighted by Gasteiger charge is -2.32. The maximum atomic E-state index is 6.51. The highest BCUT2D eigenvalue weighted by molar-refractivity contribution is 6.66. The van der Waals surface area contributed by atoms with E-state index in [-0.39, 0.29) is 0 Å². The van der Waals surface area contributed by atoms with Crippen molar-refractivity contribution in [2.45, 2.75) is 38.9 Å². The second-order valence-corrected chi connectivity index (χ2v) is 10.1. The summed E-state index contributed by atoms with van der Waals surface area (Å²) in [6.45, 7) is 8.42. The second-order valence-electron chi connectivity index (χ2n) is 10.1. The Labute approximate surface area is 201 Å². The van der Waals surface area contributed by atoms with Gasteiger partial charge in [0, 0.05) is 16.5 Å². The van der Waals surface area contributed by atoms with Gasteiger partial charge in [0.1, 0.15) is 0 Å². The molecular weight excluding hydrogens is 417 g/mol. The summed E-state index contributed by atoms with van der Waals surface area (Å²) in [5, 5.41) is 2.38. The van der Waals surface area contributed by atoms with Gasteiger partial charge in [0.2, 0.25) is 0 Å². The molecule has 3 nitrogen and oxygen atoms in total. The molecule has 1 aliphatic rings. The van der Waals surface area contributed by atoms with Gasteiger partial charge in [-0.3, -0.25) is 0 Å². The van der Waals surface area contributed by atoms with E-state index >= 15 is 0 Å². The van der Waals surface area contributed by atoms with E-state index in [9.17, 15) is 0 Å². The fourth-order valence-corrected chi connectivity index (χ4v) is 4.93. The lowest BCUT2D eigenvalue weighted by atomic mass is 9.76. The molecule has 0 radical (unpaired) electrons. The van der Waals surface area contributed by atoms with Crippen LogP contribution in [0.1, 0.15) is 27.7 Å². The average Bonchev–Trinajstić information content (AvgIpc) is 3.29. The molecule has 0 amide bonds. The molecule has 2 heterocycles. The monoisotopic (exact) mass is 445 g/mol. The summed E-state index contributed by atoms with van der Waals surface area (Å²) in [6, 6.07) is 34.3. The van der Waals surface area contributed by atoms with E-state index in [0.717, 1.165) is 16.7 Å². The Balaban J connectivity index is 1.66. The third kappa shape index (κ3) is 3.21. The fourth-order valence-electron chi connectivity index (χ4n) is 4.93. The number of para-hydroxylation sites is 1. The number of nitrogens with zero attached hydrogens (tertiary/aromatic N) is 1. The summed E-state index contributed by atoms with van der Waals surface area (Å²) in [4.78, 5) is 0. The first-order valence-corrected chi connectivity index (χ1v) is 11.9. The molecule has 34 heavy (non-hydrogen) atoms. The normalized spacial score (nSPS) is 17.0. The molecule has 0 bridgehead atoms. The van der Waals surface area contributed by atoms with Gasteiger partial charge in [-0.15, -0.1) is 0 Å². The lowest BCUT2D eigenvalue weighted by Crippen LogP contribution is -2.41. The predicted octanol–water partition coefficient (Wildman–Crippen LogP) is 6.75. The van der Waals surface area contributed by atoms with Gasteiger partial charge in [-0.25, -0.2) is 0 Å². The molecule has 1 saturated heterocycles. The molecule has 5 aromatic rings. The molecule has 1 aliphatic heterocycles. The number of aromatic nitrogens is 1. The van der Waals surface area contributed by atoms with E-state index in [2.05, 4.69) is 129 Å². The zero-order valence-corrected chi connectivity index (χ0v) is 20.1. The van der Waals surface area contributed by atoms with Gasteiger partial charge in [-0.2, -0.15) is 0 Å². The molecule has 168 valence electrons. The van der Waals surface area contributed by atoms with E-state index in [1.165, 1.54) is 27.4 Å². The molecule has 1 fully saturated rings. The van der Waals surface area contributed by atoms with Crippen LogP contribution in [0.3, 0.4) is 0 Å². The molecule has 0 atom stereocenters. The number of benzene rings is 4. The van der Waals surface area contributed by atoms with Crippen LogP contribution in [0.5, 0.6) is 0 Å². The molecule has 4 heteroatoms. The van der Waals surface area contributed by atoms with Gasteiger partial charge in [0.15, 0.2) is 0 Å². The molecule has 0 spiro atoms. The maximum absolute atomic E-state index is 6.51. The molecule has 0 unspecified atom stereocenters. The van der Waals surface area contributed by atoms with Crippen LogP contribution in [0.15, 0.2) is 97.1 Å². The Morgan fingerprint density at radius 2 is 1.26 bits per heavy atom. The Morgan fingerprint density at radius 1 is 0.618 bits per heavy atom. The highest BCUT2D eigenvalue weighted by atomic mass is 16.7. The predicted molar refractivity (Wildman–Crippen MR) is 142 cm³/mol. The Kier molecular flexibility index (Phi) is 4.74. The van der Waals surface area contributed by atoms with Crippen molar-refractivity contribution < 1.29 is 9.31 Å². The van der Waals surface area contributed by atoms with Crippen LogP contribution in [0.4, 0.5) is 0 Å². The Bertz CT molecular complexity index is 1490. The van der Waals surface area contributed by atoms with Gasteiger partial charge < -0.3 is 13.9 Å². The first-order valence-electron chi connectivity index (χ1n) is 11.9. The van der Waals surface area contributed by atoms with Crippen molar-refractivity contribution in [3.8, 4) is 16.8 Å². The summed E-state index contributed by atoms with van der Waals surface area (Å²) in [7, 11) is -0.427. The van der Waals surface area contributed by atoms with Crippen molar-refractivity contribution in [2.24, 2.45) is 0 Å². The van der Waals surface area contributed by atoms with Crippen molar-refractivity contribution in [1.82, 2.24) is 4.57 Å². The van der Waals surface area contributed by atoms with Gasteiger partial charge in [0.05, 0.1) is 22.2 Å². The van der Waals surface area contributed by atoms with Crippen LogP contribution in [-0.4, -0.2) is 22.9 Å². The molecule has 0 saturated carbocycles. The molecule has 0 N–H and O–H groups in total. The van der Waals surface area contributed by atoms with Gasteiger partial charge in [-0.1, -0.05) is 66.7 Å². The Morgan fingerprint density at radius 3 is 1.94 bits per heavy atom. The van der Waals surface area contributed by atoms with Crippen LogP contribution in [0.25, 0.3) is 38.6 Å². The van der Waals surface area contributed by atoms with Crippen LogP contribution in [0, 0.1) is 0 Å². The quantitative estimate of drug-likeness (QED) is 0.287. The molecule has 6 rings (SSSR count). The second kappa shape index (κ2) is 7.59. The van der Waals surface area contributed by atoms with Crippen molar-refractivity contribution in [2.75, 3.05) is 0 Å². The number of hydrogen-bond acceptors (Lipinski definition) is 2. The zero-order valence-electron chi connectivity index (χ0n) is 20.1. The van der Waals surface area contributed by atoms with E-state index in [0.29, 0.717) is 0 Å². The number of rotatable bonds is 3. The van der Waals surface area contributed by atoms with Crippen LogP contribution in [0.2, 0.25) is 0 Å². The number of fused-ring (bicyclic) bond motifs is 3. The summed E-state index contributed by atoms with van der Waals surface area (Å²) in [6.07, 6.45) is 0. The van der Waals surface area contributed by atoms with E-state index < -0.39 is 18.3 Å². The summed E-state index contributed by atoms with van der Waals surface area (Å²) in [5.74, 6) is 0. The molecule has 0 aliphatic carbocycles. The largest absolute Gasteiger partial charge is 0.495 e. The first-order chi connectivity index (χ1) is 16.4. The molecular formula is C30H28BNO2. The van der Waals surface area contributed by atoms with Gasteiger partial charge in [0.25, 0.3) is 0 Å². The maximum Gasteiger partial charge on any atom is 0.495 e. The van der Waals surface area contributed by atoms with Crippen molar-refractivity contribution in [3.05, 3.63) is 97.1 Å². The minimum absolute atomic E-state index is 0.396. The van der Waals surface area contributed by atoms with Gasteiger partial charge >= 0.3 is 7.12 Å². The lowest BCUT2D eigenvalue weighted by molar-refractivity contribution is 0.00578. The summed E-state index contributed by atoms with van der Waals surface area (Å²) < 4.78 is 15.4. The van der Waals surface area contributed by atoms with Gasteiger partial charge in [-0.05, 0) is 74.6 Å². The minimum atomic E-state index is -0.427. The van der Waals surface area contributed by atoms with Crippen LogP contribution < -0.4 is 5.46 Å². The minimum Gasteiger partial charge on any atom is -0.399 e. The SMILES string of the molecule is CC1(C)OB(c2cccc3c2c2cc(-c4ccccc4)ccc2n3-c2ccccc2)OC1(C)C. The van der Waals surface area contributed by atoms with E-state index in [4.69, 9.17) is 9.31 Å². The van der Waals surface area contributed by atoms with Crippen LogP contribution in [-0.2, 0) is 9.31 Å². The highest BCUT2D eigenvalue weighted by Crippen LogP contribution is 2.39. The fraction of sp³-hybridized carbons (Fsp3) is 0.200. The number of hydrogen-bond donors (Lipinski definition) is 0.